The van der Waals surface area contributed by atoms with Crippen molar-refractivity contribution < 1.29 is 23.4 Å². The summed E-state index contributed by atoms with van der Waals surface area (Å²) >= 11 is 0. The van der Waals surface area contributed by atoms with Crippen LogP contribution in [0.5, 0.6) is 5.75 Å². The van der Waals surface area contributed by atoms with Crippen LogP contribution in [0.4, 0.5) is 14.5 Å². The van der Waals surface area contributed by atoms with E-state index in [4.69, 9.17) is 4.74 Å². The number of piperidine rings is 1. The second-order valence-corrected chi connectivity index (χ2v) is 11.5. The number of carbonyl (C=O) groups is 1. The van der Waals surface area contributed by atoms with Crippen molar-refractivity contribution in [2.24, 2.45) is 0 Å². The number of amides is 1. The molecule has 1 aliphatic carbocycles. The molecule has 1 amide bonds. The van der Waals surface area contributed by atoms with Crippen LogP contribution in [0.1, 0.15) is 61.8 Å². The maximum atomic E-state index is 13.3. The number of nitrogens with zero attached hydrogens (tertiary/aromatic N) is 3. The molecule has 8 nitrogen and oxygen atoms in total. The summed E-state index contributed by atoms with van der Waals surface area (Å²) in [5.74, 6) is 0.495. The van der Waals surface area contributed by atoms with E-state index >= 15 is 0 Å². The highest BCUT2D eigenvalue weighted by atomic mass is 19.3. The fraction of sp³-hybridized carbons (Fsp3) is 0.483. The van der Waals surface area contributed by atoms with Crippen molar-refractivity contribution >= 4 is 22.6 Å². The predicted molar refractivity (Wildman–Crippen MR) is 143 cm³/mol. The Balaban J connectivity index is 1.10. The molecule has 2 fully saturated rings. The molecular formula is C29H32F2N4O4. The Morgan fingerprint density at radius 1 is 1.18 bits per heavy atom. The van der Waals surface area contributed by atoms with Crippen molar-refractivity contribution in [1.82, 2.24) is 14.5 Å². The van der Waals surface area contributed by atoms with Gasteiger partial charge in [-0.1, -0.05) is 6.07 Å². The Morgan fingerprint density at radius 2 is 1.92 bits per heavy atom. The van der Waals surface area contributed by atoms with Crippen LogP contribution in [-0.4, -0.2) is 57.3 Å². The molecule has 3 aromatic rings. The second-order valence-electron chi connectivity index (χ2n) is 11.5. The van der Waals surface area contributed by atoms with Crippen molar-refractivity contribution in [1.29, 1.82) is 0 Å². The third kappa shape index (κ3) is 4.49. The van der Waals surface area contributed by atoms with E-state index in [9.17, 15) is 23.5 Å². The number of rotatable bonds is 6. The zero-order valence-electron chi connectivity index (χ0n) is 22.0. The van der Waals surface area contributed by atoms with Gasteiger partial charge in [-0.2, -0.15) is 0 Å². The van der Waals surface area contributed by atoms with Crippen LogP contribution >= 0.6 is 0 Å². The highest BCUT2D eigenvalue weighted by Gasteiger charge is 2.48. The zero-order valence-corrected chi connectivity index (χ0v) is 22.0. The lowest BCUT2D eigenvalue weighted by Crippen LogP contribution is -2.47. The van der Waals surface area contributed by atoms with E-state index in [0.717, 1.165) is 10.9 Å². The molecule has 206 valence electrons. The lowest BCUT2D eigenvalue weighted by Gasteiger charge is -2.42. The second kappa shape index (κ2) is 9.38. The Kier molecular flexibility index (Phi) is 6.22. The molecule has 1 saturated carbocycles. The van der Waals surface area contributed by atoms with E-state index in [1.165, 1.54) is 12.1 Å². The molecular weight excluding hydrogens is 506 g/mol. The Hall–Kier alpha value is -3.37. The average molecular weight is 539 g/mol. The minimum absolute atomic E-state index is 0.0590. The standard InChI is InChI=1S/C29H32F2N4O4/c1-17-11-24(36)35(19-14-28(2,38)15-19)26-21(17)13-20(16-32-26)39-10-9-34-7-5-29(6-8-34)22-12-18(25(30)31)3-4-23(22)33-27(29)37/h3-4,11-13,16,19,25,38H,5-10,14-15H2,1-2H3,(H,33,37). The number of carbonyl (C=O) groups excluding carboxylic acids is 1. The van der Waals surface area contributed by atoms with E-state index < -0.39 is 17.4 Å². The number of aromatic nitrogens is 2. The summed E-state index contributed by atoms with van der Waals surface area (Å²) in [5.41, 5.74) is 1.04. The lowest BCUT2D eigenvalue weighted by atomic mass is 9.73. The minimum atomic E-state index is -2.57. The average Bonchev–Trinajstić information content (AvgIpc) is 3.14. The summed E-state index contributed by atoms with van der Waals surface area (Å²) in [7, 11) is 0. The Morgan fingerprint density at radius 3 is 2.62 bits per heavy atom. The van der Waals surface area contributed by atoms with Gasteiger partial charge in [-0.3, -0.25) is 19.1 Å². The van der Waals surface area contributed by atoms with E-state index in [1.54, 1.807) is 29.8 Å². The molecule has 1 spiro atoms. The van der Waals surface area contributed by atoms with E-state index in [1.807, 2.05) is 13.0 Å². The molecule has 0 radical (unpaired) electrons. The van der Waals surface area contributed by atoms with E-state index in [0.29, 0.717) is 74.6 Å². The minimum Gasteiger partial charge on any atom is -0.491 e. The normalized spacial score (nSPS) is 24.2. The Bertz CT molecular complexity index is 1500. The van der Waals surface area contributed by atoms with Gasteiger partial charge in [0.25, 0.3) is 12.0 Å². The molecule has 2 N–H and O–H groups in total. The molecule has 39 heavy (non-hydrogen) atoms. The summed E-state index contributed by atoms with van der Waals surface area (Å²) in [4.78, 5) is 32.4. The molecule has 0 bridgehead atoms. The fourth-order valence-corrected chi connectivity index (χ4v) is 6.44. The van der Waals surface area contributed by atoms with Gasteiger partial charge >= 0.3 is 0 Å². The van der Waals surface area contributed by atoms with Gasteiger partial charge in [-0.05, 0) is 81.9 Å². The summed E-state index contributed by atoms with van der Waals surface area (Å²) in [5, 5.41) is 13.9. The third-order valence-electron chi connectivity index (χ3n) is 8.67. The maximum Gasteiger partial charge on any atom is 0.263 e. The van der Waals surface area contributed by atoms with Gasteiger partial charge in [-0.15, -0.1) is 0 Å². The number of alkyl halides is 2. The first-order valence-electron chi connectivity index (χ1n) is 13.4. The number of anilines is 1. The predicted octanol–water partition coefficient (Wildman–Crippen LogP) is 4.09. The van der Waals surface area contributed by atoms with Crippen molar-refractivity contribution in [3.05, 3.63) is 63.6 Å². The van der Waals surface area contributed by atoms with Crippen LogP contribution in [0.25, 0.3) is 11.0 Å². The topological polar surface area (TPSA) is 96.7 Å². The molecule has 10 heteroatoms. The van der Waals surface area contributed by atoms with Crippen molar-refractivity contribution in [2.45, 2.75) is 63.0 Å². The summed E-state index contributed by atoms with van der Waals surface area (Å²) in [6.45, 7) is 6.03. The zero-order chi connectivity index (χ0) is 27.5. The SMILES string of the molecule is Cc1cc(=O)n(C2CC(C)(O)C2)c2ncc(OCCN3CCC4(CC3)C(=O)Nc3ccc(C(F)F)cc34)cc12. The van der Waals surface area contributed by atoms with Gasteiger partial charge in [0.2, 0.25) is 5.91 Å². The molecule has 2 aromatic heterocycles. The molecule has 4 heterocycles. The number of hydrogen-bond acceptors (Lipinski definition) is 6. The number of halogens is 2. The van der Waals surface area contributed by atoms with Crippen LogP contribution in [0.2, 0.25) is 0 Å². The van der Waals surface area contributed by atoms with Gasteiger partial charge in [-0.25, -0.2) is 13.8 Å². The van der Waals surface area contributed by atoms with Crippen molar-refractivity contribution in [3.8, 4) is 5.75 Å². The number of pyridine rings is 2. The smallest absolute Gasteiger partial charge is 0.263 e. The monoisotopic (exact) mass is 538 g/mol. The van der Waals surface area contributed by atoms with Crippen LogP contribution in [-0.2, 0) is 10.2 Å². The van der Waals surface area contributed by atoms with Crippen molar-refractivity contribution in [3.63, 3.8) is 0 Å². The van der Waals surface area contributed by atoms with Gasteiger partial charge in [0.1, 0.15) is 18.0 Å². The molecule has 2 aliphatic heterocycles. The molecule has 1 saturated heterocycles. The summed E-state index contributed by atoms with van der Waals surface area (Å²) < 4.78 is 34.3. The maximum absolute atomic E-state index is 13.3. The molecule has 3 aliphatic rings. The largest absolute Gasteiger partial charge is 0.491 e. The molecule has 1 aromatic carbocycles. The number of benzene rings is 1. The highest BCUT2D eigenvalue weighted by Crippen LogP contribution is 2.46. The molecule has 6 rings (SSSR count). The first-order chi connectivity index (χ1) is 18.6. The number of nitrogens with one attached hydrogen (secondary N) is 1. The molecule has 0 atom stereocenters. The summed E-state index contributed by atoms with van der Waals surface area (Å²) in [6.07, 6.45) is 1.20. The van der Waals surface area contributed by atoms with Crippen LogP contribution in [0.15, 0.2) is 41.3 Å². The first kappa shape index (κ1) is 25.9. The third-order valence-corrected chi connectivity index (χ3v) is 8.67. The van der Waals surface area contributed by atoms with Crippen LogP contribution in [0.3, 0.4) is 0 Å². The van der Waals surface area contributed by atoms with Gasteiger partial charge in [0, 0.05) is 35.3 Å². The number of aliphatic hydroxyl groups is 1. The number of hydrogen-bond donors (Lipinski definition) is 2. The Labute approximate surface area is 224 Å². The van der Waals surface area contributed by atoms with Crippen LogP contribution in [0, 0.1) is 6.92 Å². The van der Waals surface area contributed by atoms with Gasteiger partial charge < -0.3 is 15.2 Å². The van der Waals surface area contributed by atoms with Gasteiger partial charge in [0.15, 0.2) is 0 Å². The van der Waals surface area contributed by atoms with Gasteiger partial charge in [0.05, 0.1) is 17.2 Å². The van der Waals surface area contributed by atoms with E-state index in [-0.39, 0.29) is 23.1 Å². The van der Waals surface area contributed by atoms with Crippen molar-refractivity contribution in [2.75, 3.05) is 31.6 Å². The lowest BCUT2D eigenvalue weighted by molar-refractivity contribution is -0.122. The molecule has 0 unspecified atom stereocenters. The number of likely N-dealkylation sites (tertiary alicyclic amines) is 1. The highest BCUT2D eigenvalue weighted by molar-refractivity contribution is 6.06. The van der Waals surface area contributed by atoms with E-state index in [2.05, 4.69) is 15.2 Å². The first-order valence-corrected chi connectivity index (χ1v) is 13.4. The number of aryl methyl sites for hydroxylation is 1. The quantitative estimate of drug-likeness (QED) is 0.491. The number of fused-ring (bicyclic) bond motifs is 3. The fourth-order valence-electron chi connectivity index (χ4n) is 6.44. The number of ether oxygens (including phenoxy) is 1. The van der Waals surface area contributed by atoms with Crippen LogP contribution < -0.4 is 15.6 Å². The summed E-state index contributed by atoms with van der Waals surface area (Å²) in [6, 6.07) is 7.86.